The zero-order valence-electron chi connectivity index (χ0n) is 13.8. The van der Waals surface area contributed by atoms with Crippen molar-refractivity contribution >= 4 is 21.1 Å². The third-order valence-electron chi connectivity index (χ3n) is 4.02. The normalized spacial score (nSPS) is 13.5. The Bertz CT molecular complexity index is 1080. The second kappa shape index (κ2) is 5.56. The summed E-state index contributed by atoms with van der Waals surface area (Å²) in [5.74, 6) is 0.506. The smallest absolute Gasteiger partial charge is 0.319 e. The van der Waals surface area contributed by atoms with E-state index in [-0.39, 0.29) is 10.6 Å². The van der Waals surface area contributed by atoms with E-state index in [1.54, 1.807) is 38.7 Å². The van der Waals surface area contributed by atoms with Crippen molar-refractivity contribution < 1.29 is 8.42 Å². The molecule has 2 heterocycles. The van der Waals surface area contributed by atoms with Gasteiger partial charge in [-0.1, -0.05) is 0 Å². The standard InChI is InChI=1S/C14H18N6O3S/c1-9(13-16-15-8-18(13)2)17-24(22,23)10-5-6-11-12(7-10)20(4)14(21)19(11)3/h5-9,17H,1-4H3/t9-/m1/s1. The molecule has 10 heteroatoms. The van der Waals surface area contributed by atoms with Gasteiger partial charge >= 0.3 is 5.69 Å². The number of sulfonamides is 1. The highest BCUT2D eigenvalue weighted by Crippen LogP contribution is 2.19. The molecule has 0 aliphatic heterocycles. The minimum absolute atomic E-state index is 0.0882. The Hall–Kier alpha value is -2.46. The van der Waals surface area contributed by atoms with Gasteiger partial charge in [0, 0.05) is 21.1 Å². The van der Waals surface area contributed by atoms with Gasteiger partial charge in [0.15, 0.2) is 0 Å². The summed E-state index contributed by atoms with van der Waals surface area (Å²) < 4.78 is 32.4. The third-order valence-corrected chi connectivity index (χ3v) is 5.56. The maximum absolute atomic E-state index is 12.6. The van der Waals surface area contributed by atoms with Gasteiger partial charge in [0.1, 0.15) is 12.2 Å². The third kappa shape index (κ3) is 2.53. The van der Waals surface area contributed by atoms with Crippen LogP contribution in [0.2, 0.25) is 0 Å². The second-order valence-corrected chi connectivity index (χ2v) is 7.41. The summed E-state index contributed by atoms with van der Waals surface area (Å²) in [6.07, 6.45) is 1.51. The fourth-order valence-electron chi connectivity index (χ4n) is 2.69. The van der Waals surface area contributed by atoms with Crippen LogP contribution in [0.4, 0.5) is 0 Å². The fourth-order valence-corrected chi connectivity index (χ4v) is 3.91. The van der Waals surface area contributed by atoms with Gasteiger partial charge in [0.2, 0.25) is 10.0 Å². The topological polar surface area (TPSA) is 104 Å². The number of nitrogens with zero attached hydrogens (tertiary/aromatic N) is 5. The lowest BCUT2D eigenvalue weighted by molar-refractivity contribution is 0.553. The lowest BCUT2D eigenvalue weighted by atomic mass is 10.3. The molecule has 1 aromatic carbocycles. The van der Waals surface area contributed by atoms with Gasteiger partial charge in [-0.05, 0) is 25.1 Å². The van der Waals surface area contributed by atoms with Crippen molar-refractivity contribution in [1.82, 2.24) is 28.6 Å². The van der Waals surface area contributed by atoms with Crippen LogP contribution in [-0.2, 0) is 31.2 Å². The fraction of sp³-hybridized carbons (Fsp3) is 0.357. The molecule has 0 fully saturated rings. The first-order chi connectivity index (χ1) is 11.2. The number of imidazole rings is 1. The predicted molar refractivity (Wildman–Crippen MR) is 87.9 cm³/mol. The average Bonchev–Trinajstić information content (AvgIpc) is 3.05. The lowest BCUT2D eigenvalue weighted by Crippen LogP contribution is -2.28. The number of nitrogens with one attached hydrogen (secondary N) is 1. The molecule has 0 bridgehead atoms. The number of aryl methyl sites for hydroxylation is 3. The van der Waals surface area contributed by atoms with E-state index in [0.29, 0.717) is 16.9 Å². The van der Waals surface area contributed by atoms with Gasteiger partial charge < -0.3 is 4.57 Å². The first-order valence-corrected chi connectivity index (χ1v) is 8.72. The summed E-state index contributed by atoms with van der Waals surface area (Å²) in [7, 11) is 1.23. The van der Waals surface area contributed by atoms with Crippen molar-refractivity contribution in [3.63, 3.8) is 0 Å². The maximum Gasteiger partial charge on any atom is 0.328 e. The van der Waals surface area contributed by atoms with Crippen LogP contribution in [0, 0.1) is 0 Å². The van der Waals surface area contributed by atoms with Gasteiger partial charge in [-0.2, -0.15) is 0 Å². The highest BCUT2D eigenvalue weighted by Gasteiger charge is 2.22. The van der Waals surface area contributed by atoms with Crippen LogP contribution in [0.1, 0.15) is 18.8 Å². The van der Waals surface area contributed by atoms with Crippen molar-refractivity contribution in [3.05, 3.63) is 40.8 Å². The van der Waals surface area contributed by atoms with Crippen LogP contribution < -0.4 is 10.4 Å². The molecule has 1 atom stereocenters. The molecule has 0 aliphatic rings. The van der Waals surface area contributed by atoms with E-state index >= 15 is 0 Å². The predicted octanol–water partition coefficient (Wildman–Crippen LogP) is 0.0450. The van der Waals surface area contributed by atoms with E-state index in [2.05, 4.69) is 14.9 Å². The summed E-state index contributed by atoms with van der Waals surface area (Å²) in [5, 5.41) is 7.66. The number of hydrogen-bond acceptors (Lipinski definition) is 5. The van der Waals surface area contributed by atoms with Crippen molar-refractivity contribution in [2.45, 2.75) is 17.9 Å². The minimum Gasteiger partial charge on any atom is -0.319 e. The van der Waals surface area contributed by atoms with E-state index in [4.69, 9.17) is 0 Å². The number of rotatable bonds is 4. The van der Waals surface area contributed by atoms with Crippen LogP contribution in [-0.4, -0.2) is 32.3 Å². The Kier molecular flexibility index (Phi) is 3.80. The number of hydrogen-bond donors (Lipinski definition) is 1. The molecule has 2 aromatic heterocycles. The summed E-state index contributed by atoms with van der Waals surface area (Å²) in [4.78, 5) is 12.1. The van der Waals surface area contributed by atoms with Crippen molar-refractivity contribution in [2.24, 2.45) is 21.1 Å². The molecule has 3 rings (SSSR count). The van der Waals surface area contributed by atoms with E-state index in [1.807, 2.05) is 0 Å². The number of benzene rings is 1. The van der Waals surface area contributed by atoms with Crippen molar-refractivity contribution in [1.29, 1.82) is 0 Å². The van der Waals surface area contributed by atoms with Crippen LogP contribution in [0.5, 0.6) is 0 Å². The molecule has 0 saturated heterocycles. The zero-order chi connectivity index (χ0) is 17.6. The Morgan fingerprint density at radius 3 is 2.42 bits per heavy atom. The molecule has 0 amide bonds. The molecule has 0 aliphatic carbocycles. The molecular formula is C14H18N6O3S. The van der Waals surface area contributed by atoms with Gasteiger partial charge in [-0.3, -0.25) is 9.13 Å². The molecule has 0 saturated carbocycles. The molecule has 0 unspecified atom stereocenters. The minimum atomic E-state index is -3.77. The van der Waals surface area contributed by atoms with E-state index in [1.165, 1.54) is 27.6 Å². The molecule has 24 heavy (non-hydrogen) atoms. The highest BCUT2D eigenvalue weighted by atomic mass is 32.2. The molecule has 0 radical (unpaired) electrons. The van der Waals surface area contributed by atoms with Gasteiger partial charge in [-0.25, -0.2) is 17.9 Å². The van der Waals surface area contributed by atoms with Crippen LogP contribution in [0.25, 0.3) is 11.0 Å². The first kappa shape index (κ1) is 16.4. The maximum atomic E-state index is 12.6. The molecular weight excluding hydrogens is 332 g/mol. The Balaban J connectivity index is 2.01. The Morgan fingerprint density at radius 1 is 1.12 bits per heavy atom. The average molecular weight is 350 g/mol. The van der Waals surface area contributed by atoms with Crippen LogP contribution in [0.3, 0.4) is 0 Å². The van der Waals surface area contributed by atoms with E-state index < -0.39 is 16.1 Å². The number of aromatic nitrogens is 5. The summed E-state index contributed by atoms with van der Waals surface area (Å²) in [6.45, 7) is 1.69. The quantitative estimate of drug-likeness (QED) is 0.716. The SMILES string of the molecule is C[C@@H](NS(=O)(=O)c1ccc2c(c1)n(C)c(=O)n2C)c1nncn1C. The zero-order valence-corrected chi connectivity index (χ0v) is 14.6. The monoisotopic (exact) mass is 350 g/mol. The summed E-state index contributed by atoms with van der Waals surface area (Å²) >= 11 is 0. The lowest BCUT2D eigenvalue weighted by Gasteiger charge is -2.13. The molecule has 1 N–H and O–H groups in total. The van der Waals surface area contributed by atoms with Crippen LogP contribution >= 0.6 is 0 Å². The summed E-state index contributed by atoms with van der Waals surface area (Å²) in [5.41, 5.74) is 1.01. The highest BCUT2D eigenvalue weighted by molar-refractivity contribution is 7.89. The number of fused-ring (bicyclic) bond motifs is 1. The molecule has 3 aromatic rings. The largest absolute Gasteiger partial charge is 0.328 e. The van der Waals surface area contributed by atoms with Crippen molar-refractivity contribution in [2.75, 3.05) is 0 Å². The molecule has 128 valence electrons. The first-order valence-electron chi connectivity index (χ1n) is 7.24. The van der Waals surface area contributed by atoms with Gasteiger partial charge in [0.05, 0.1) is 22.0 Å². The van der Waals surface area contributed by atoms with Crippen molar-refractivity contribution in [3.8, 4) is 0 Å². The van der Waals surface area contributed by atoms with E-state index in [0.717, 1.165) is 0 Å². The van der Waals surface area contributed by atoms with E-state index in [9.17, 15) is 13.2 Å². The Morgan fingerprint density at radius 2 is 1.79 bits per heavy atom. The van der Waals surface area contributed by atoms with Gasteiger partial charge in [-0.15, -0.1) is 10.2 Å². The molecule has 9 nitrogen and oxygen atoms in total. The Labute approximate surface area is 138 Å². The van der Waals surface area contributed by atoms with Crippen LogP contribution in [0.15, 0.2) is 34.2 Å². The second-order valence-electron chi connectivity index (χ2n) is 5.69. The van der Waals surface area contributed by atoms with Gasteiger partial charge in [0.25, 0.3) is 0 Å². The molecule has 0 spiro atoms. The summed E-state index contributed by atoms with van der Waals surface area (Å²) in [6, 6.07) is 4.05.